The summed E-state index contributed by atoms with van der Waals surface area (Å²) in [4.78, 5) is 18.9. The number of rotatable bonds is 6. The van der Waals surface area contributed by atoms with Crippen LogP contribution in [0, 0.1) is 12.8 Å². The predicted molar refractivity (Wildman–Crippen MR) is 96.3 cm³/mol. The van der Waals surface area contributed by atoms with Gasteiger partial charge in [-0.3, -0.25) is 10.1 Å². The minimum absolute atomic E-state index is 0.00973. The number of likely N-dealkylation sites (N-methyl/N-ethyl adjacent to an activating group) is 1. The number of aromatic nitrogens is 2. The molecule has 0 radical (unpaired) electrons. The molecule has 7 heteroatoms. The summed E-state index contributed by atoms with van der Waals surface area (Å²) in [5.74, 6) is 1.38. The molecule has 3 rings (SSSR count). The number of nitrogens with zero attached hydrogens (tertiary/aromatic N) is 3. The van der Waals surface area contributed by atoms with Crippen LogP contribution in [0.5, 0.6) is 0 Å². The number of carbonyl (C=O) groups is 1. The normalized spacial score (nSPS) is 17.7. The van der Waals surface area contributed by atoms with E-state index in [-0.39, 0.29) is 17.9 Å². The molecule has 1 saturated heterocycles. The van der Waals surface area contributed by atoms with Crippen molar-refractivity contribution in [1.82, 2.24) is 20.4 Å². The van der Waals surface area contributed by atoms with E-state index in [1.54, 1.807) is 25.9 Å². The number of ether oxygens (including phenoxy) is 1. The maximum Gasteiger partial charge on any atom is 0.244 e. The molecule has 2 unspecified atom stereocenters. The third-order valence-corrected chi connectivity index (χ3v) is 4.71. The molecule has 2 atom stereocenters. The highest BCUT2D eigenvalue weighted by molar-refractivity contribution is 5.82. The van der Waals surface area contributed by atoms with E-state index in [1.807, 2.05) is 30.3 Å². The first kappa shape index (κ1) is 18.5. The molecule has 7 nitrogen and oxygen atoms in total. The van der Waals surface area contributed by atoms with Crippen LogP contribution in [0.15, 0.2) is 34.9 Å². The van der Waals surface area contributed by atoms with Crippen molar-refractivity contribution in [2.24, 2.45) is 5.92 Å². The third kappa shape index (κ3) is 4.28. The van der Waals surface area contributed by atoms with Crippen LogP contribution in [0.1, 0.15) is 42.2 Å². The Kier molecular flexibility index (Phi) is 6.00. The van der Waals surface area contributed by atoms with Gasteiger partial charge in [0.15, 0.2) is 5.82 Å². The van der Waals surface area contributed by atoms with Crippen molar-refractivity contribution in [3.8, 4) is 0 Å². The quantitative estimate of drug-likeness (QED) is 0.853. The van der Waals surface area contributed by atoms with Gasteiger partial charge < -0.3 is 14.2 Å². The van der Waals surface area contributed by atoms with Crippen LogP contribution in [0.4, 0.5) is 0 Å². The van der Waals surface area contributed by atoms with Crippen LogP contribution < -0.4 is 5.32 Å². The first-order valence-corrected chi connectivity index (χ1v) is 8.96. The van der Waals surface area contributed by atoms with Crippen LogP contribution in [-0.2, 0) is 9.53 Å². The Labute approximate surface area is 153 Å². The molecule has 1 aromatic heterocycles. The molecule has 1 amide bonds. The number of aryl methyl sites for hydroxylation is 1. The fourth-order valence-corrected chi connectivity index (χ4v) is 3.29. The second kappa shape index (κ2) is 8.42. The number of hydrogen-bond donors (Lipinski definition) is 1. The van der Waals surface area contributed by atoms with Gasteiger partial charge in [-0.1, -0.05) is 35.5 Å². The third-order valence-electron chi connectivity index (χ3n) is 4.71. The molecule has 1 fully saturated rings. The Morgan fingerprint density at radius 3 is 2.50 bits per heavy atom. The Morgan fingerprint density at radius 2 is 1.92 bits per heavy atom. The lowest BCUT2D eigenvalue weighted by Gasteiger charge is -2.32. The van der Waals surface area contributed by atoms with Gasteiger partial charge in [0.1, 0.15) is 6.04 Å². The summed E-state index contributed by atoms with van der Waals surface area (Å²) in [6.45, 7) is 3.20. The lowest BCUT2D eigenvalue weighted by atomic mass is 9.90. The Morgan fingerprint density at radius 1 is 1.23 bits per heavy atom. The minimum atomic E-state index is -0.480. The van der Waals surface area contributed by atoms with Crippen LogP contribution >= 0.6 is 0 Å². The fourth-order valence-electron chi connectivity index (χ4n) is 3.29. The first-order valence-electron chi connectivity index (χ1n) is 8.96. The average molecular weight is 358 g/mol. The molecule has 0 bridgehead atoms. The van der Waals surface area contributed by atoms with E-state index in [0.717, 1.165) is 18.4 Å². The highest BCUT2D eigenvalue weighted by Crippen LogP contribution is 2.32. The molecule has 140 valence electrons. The zero-order chi connectivity index (χ0) is 18.5. The summed E-state index contributed by atoms with van der Waals surface area (Å²) >= 11 is 0. The molecule has 1 aliphatic heterocycles. The van der Waals surface area contributed by atoms with Gasteiger partial charge in [0.05, 0.1) is 6.04 Å². The highest BCUT2D eigenvalue weighted by atomic mass is 16.5. The SMILES string of the molecule is Cc1noc(C(NC(C(=O)N(C)C)c2ccccc2)C2CCOCC2)n1. The lowest BCUT2D eigenvalue weighted by molar-refractivity contribution is -0.131. The maximum absolute atomic E-state index is 12.9. The van der Waals surface area contributed by atoms with E-state index in [9.17, 15) is 4.79 Å². The van der Waals surface area contributed by atoms with Gasteiger partial charge >= 0.3 is 0 Å². The van der Waals surface area contributed by atoms with Crippen molar-refractivity contribution in [3.63, 3.8) is 0 Å². The van der Waals surface area contributed by atoms with Gasteiger partial charge in [0.25, 0.3) is 0 Å². The molecule has 26 heavy (non-hydrogen) atoms. The Bertz CT molecular complexity index is 711. The van der Waals surface area contributed by atoms with E-state index in [1.165, 1.54) is 0 Å². The summed E-state index contributed by atoms with van der Waals surface area (Å²) in [6, 6.07) is 9.05. The molecule has 0 aliphatic carbocycles. The van der Waals surface area contributed by atoms with Crippen LogP contribution in [0.25, 0.3) is 0 Å². The van der Waals surface area contributed by atoms with Crippen LogP contribution in [0.3, 0.4) is 0 Å². The monoisotopic (exact) mass is 358 g/mol. The van der Waals surface area contributed by atoms with Gasteiger partial charge in [-0.05, 0) is 31.2 Å². The maximum atomic E-state index is 12.9. The van der Waals surface area contributed by atoms with Crippen molar-refractivity contribution in [1.29, 1.82) is 0 Å². The Balaban J connectivity index is 1.92. The summed E-state index contributed by atoms with van der Waals surface area (Å²) in [5, 5.41) is 7.45. The largest absolute Gasteiger partial charge is 0.381 e. The molecule has 1 aromatic carbocycles. The highest BCUT2D eigenvalue weighted by Gasteiger charge is 2.34. The van der Waals surface area contributed by atoms with Crippen molar-refractivity contribution < 1.29 is 14.1 Å². The van der Waals surface area contributed by atoms with E-state index in [4.69, 9.17) is 9.26 Å². The summed E-state index contributed by atoms with van der Waals surface area (Å²) in [7, 11) is 3.53. The number of benzene rings is 1. The molecular formula is C19H26N4O3. The van der Waals surface area contributed by atoms with Crippen molar-refractivity contribution in [3.05, 3.63) is 47.6 Å². The summed E-state index contributed by atoms with van der Waals surface area (Å²) in [5.41, 5.74) is 0.916. The molecule has 2 aromatic rings. The number of nitrogens with one attached hydrogen (secondary N) is 1. The van der Waals surface area contributed by atoms with E-state index < -0.39 is 6.04 Å². The minimum Gasteiger partial charge on any atom is -0.381 e. The molecule has 0 saturated carbocycles. The predicted octanol–water partition coefficient (Wildman–Crippen LogP) is 2.26. The topological polar surface area (TPSA) is 80.5 Å². The molecule has 1 aliphatic rings. The summed E-state index contributed by atoms with van der Waals surface area (Å²) < 4.78 is 11.0. The zero-order valence-electron chi connectivity index (χ0n) is 15.5. The number of amides is 1. The van der Waals surface area contributed by atoms with Crippen molar-refractivity contribution >= 4 is 5.91 Å². The lowest BCUT2D eigenvalue weighted by Crippen LogP contribution is -2.42. The second-order valence-electron chi connectivity index (χ2n) is 6.85. The van der Waals surface area contributed by atoms with Crippen molar-refractivity contribution in [2.75, 3.05) is 27.3 Å². The summed E-state index contributed by atoms with van der Waals surface area (Å²) in [6.07, 6.45) is 1.77. The van der Waals surface area contributed by atoms with Crippen molar-refractivity contribution in [2.45, 2.75) is 31.8 Å². The smallest absolute Gasteiger partial charge is 0.244 e. The van der Waals surface area contributed by atoms with Crippen LogP contribution in [0.2, 0.25) is 0 Å². The van der Waals surface area contributed by atoms with E-state index >= 15 is 0 Å². The average Bonchev–Trinajstić information content (AvgIpc) is 3.09. The van der Waals surface area contributed by atoms with Gasteiger partial charge in [-0.15, -0.1) is 0 Å². The van der Waals surface area contributed by atoms with E-state index in [0.29, 0.717) is 24.9 Å². The van der Waals surface area contributed by atoms with Gasteiger partial charge in [0.2, 0.25) is 11.8 Å². The standard InChI is InChI=1S/C19H26N4O3/c1-13-20-18(26-22-13)16(15-9-11-25-12-10-15)21-17(19(24)23(2)3)14-7-5-4-6-8-14/h4-8,15-17,21H,9-12H2,1-3H3. The number of carbonyl (C=O) groups excluding carboxylic acids is 1. The first-order chi connectivity index (χ1) is 12.6. The fraction of sp³-hybridized carbons (Fsp3) is 0.526. The van der Waals surface area contributed by atoms with Gasteiger partial charge in [0, 0.05) is 27.3 Å². The molecule has 2 heterocycles. The number of hydrogen-bond acceptors (Lipinski definition) is 6. The van der Waals surface area contributed by atoms with Gasteiger partial charge in [-0.2, -0.15) is 4.98 Å². The Hall–Kier alpha value is -2.25. The molecular weight excluding hydrogens is 332 g/mol. The van der Waals surface area contributed by atoms with E-state index in [2.05, 4.69) is 15.5 Å². The molecule has 1 N–H and O–H groups in total. The van der Waals surface area contributed by atoms with Gasteiger partial charge in [-0.25, -0.2) is 0 Å². The zero-order valence-corrected chi connectivity index (χ0v) is 15.5. The van der Waals surface area contributed by atoms with Crippen LogP contribution in [-0.4, -0.2) is 48.3 Å². The second-order valence-corrected chi connectivity index (χ2v) is 6.85. The molecule has 0 spiro atoms.